The quantitative estimate of drug-likeness (QED) is 0.853. The lowest BCUT2D eigenvalue weighted by Crippen LogP contribution is -2.39. The number of hydrogen-bond donors (Lipinski definition) is 1. The van der Waals surface area contributed by atoms with Crippen LogP contribution in [0.25, 0.3) is 0 Å². The molecule has 7 nitrogen and oxygen atoms in total. The Labute approximate surface area is 157 Å². The van der Waals surface area contributed by atoms with E-state index in [9.17, 15) is 18.0 Å². The van der Waals surface area contributed by atoms with Crippen molar-refractivity contribution in [1.82, 2.24) is 4.72 Å². The van der Waals surface area contributed by atoms with Crippen LogP contribution in [-0.2, 0) is 32.5 Å². The fourth-order valence-electron chi connectivity index (χ4n) is 3.55. The first kappa shape index (κ1) is 17.7. The summed E-state index contributed by atoms with van der Waals surface area (Å²) in [7, 11) is -2.19. The van der Waals surface area contributed by atoms with Gasteiger partial charge in [0.15, 0.2) is 0 Å². The van der Waals surface area contributed by atoms with Crippen molar-refractivity contribution in [1.29, 1.82) is 0 Å². The highest BCUT2D eigenvalue weighted by Crippen LogP contribution is 2.30. The third-order valence-electron chi connectivity index (χ3n) is 5.04. The smallest absolute Gasteiger partial charge is 0.242 e. The number of nitrogens with one attached hydrogen (secondary N) is 1. The SMILES string of the molecule is CN1C(=O)Cc2cc(S(=O)(=O)NCC(=O)N3CCc4ccccc43)ccc21. The standard InChI is InChI=1S/C19H19N3O4S/c1-21-16-7-6-15(10-14(16)11-18(21)23)27(25,26)20-12-19(24)22-9-8-13-4-2-3-5-17(13)22/h2-7,10,20H,8-9,11-12H2,1H3. The van der Waals surface area contributed by atoms with E-state index < -0.39 is 10.0 Å². The van der Waals surface area contributed by atoms with Crippen molar-refractivity contribution in [3.63, 3.8) is 0 Å². The van der Waals surface area contributed by atoms with Crippen LogP contribution >= 0.6 is 0 Å². The summed E-state index contributed by atoms with van der Waals surface area (Å²) in [4.78, 5) is 27.4. The third kappa shape index (κ3) is 3.11. The third-order valence-corrected chi connectivity index (χ3v) is 6.44. The van der Waals surface area contributed by atoms with E-state index in [2.05, 4.69) is 4.72 Å². The lowest BCUT2D eigenvalue weighted by molar-refractivity contribution is -0.118. The Morgan fingerprint density at radius 2 is 1.89 bits per heavy atom. The highest BCUT2D eigenvalue weighted by molar-refractivity contribution is 7.89. The van der Waals surface area contributed by atoms with Crippen LogP contribution in [0.3, 0.4) is 0 Å². The van der Waals surface area contributed by atoms with E-state index in [1.807, 2.05) is 24.3 Å². The first-order valence-electron chi connectivity index (χ1n) is 8.64. The molecule has 0 aromatic heterocycles. The Bertz CT molecular complexity index is 1050. The molecule has 8 heteroatoms. The average Bonchev–Trinajstić information content (AvgIpc) is 3.21. The Kier molecular flexibility index (Phi) is 4.24. The highest BCUT2D eigenvalue weighted by Gasteiger charge is 2.28. The Hall–Kier alpha value is -2.71. The number of amides is 2. The number of rotatable bonds is 4. The Morgan fingerprint density at radius 3 is 2.70 bits per heavy atom. The van der Waals surface area contributed by atoms with Gasteiger partial charge in [0.25, 0.3) is 0 Å². The van der Waals surface area contributed by atoms with Crippen molar-refractivity contribution in [2.24, 2.45) is 0 Å². The number of likely N-dealkylation sites (N-methyl/N-ethyl adjacent to an activating group) is 1. The molecule has 2 aliphatic rings. The van der Waals surface area contributed by atoms with Crippen LogP contribution < -0.4 is 14.5 Å². The number of para-hydroxylation sites is 1. The minimum atomic E-state index is -3.85. The maximum Gasteiger partial charge on any atom is 0.242 e. The van der Waals surface area contributed by atoms with Crippen molar-refractivity contribution in [2.45, 2.75) is 17.7 Å². The predicted octanol–water partition coefficient (Wildman–Crippen LogP) is 1.07. The summed E-state index contributed by atoms with van der Waals surface area (Å²) in [6.07, 6.45) is 0.944. The summed E-state index contributed by atoms with van der Waals surface area (Å²) in [5.74, 6) is -0.366. The molecule has 0 aliphatic carbocycles. The summed E-state index contributed by atoms with van der Waals surface area (Å²) in [5, 5.41) is 0. The van der Waals surface area contributed by atoms with Crippen molar-refractivity contribution in [3.05, 3.63) is 53.6 Å². The van der Waals surface area contributed by atoms with Gasteiger partial charge in [-0.05, 0) is 41.8 Å². The fourth-order valence-corrected chi connectivity index (χ4v) is 4.57. The van der Waals surface area contributed by atoms with Crippen LogP contribution in [0, 0.1) is 0 Å². The van der Waals surface area contributed by atoms with E-state index in [4.69, 9.17) is 0 Å². The molecule has 2 heterocycles. The molecule has 2 aromatic rings. The lowest BCUT2D eigenvalue weighted by Gasteiger charge is -2.18. The molecular formula is C19H19N3O4S. The molecule has 0 saturated carbocycles. The molecule has 27 heavy (non-hydrogen) atoms. The van der Waals surface area contributed by atoms with Crippen LogP contribution in [0.4, 0.5) is 11.4 Å². The second-order valence-corrected chi connectivity index (χ2v) is 8.44. The summed E-state index contributed by atoms with van der Waals surface area (Å²) in [6, 6.07) is 12.2. The molecule has 0 spiro atoms. The zero-order chi connectivity index (χ0) is 19.2. The van der Waals surface area contributed by atoms with Crippen molar-refractivity contribution >= 4 is 33.2 Å². The van der Waals surface area contributed by atoms with Crippen LogP contribution in [0.15, 0.2) is 47.4 Å². The van der Waals surface area contributed by atoms with Gasteiger partial charge in [0.05, 0.1) is 17.9 Å². The van der Waals surface area contributed by atoms with Gasteiger partial charge in [-0.1, -0.05) is 18.2 Å². The topological polar surface area (TPSA) is 86.8 Å². The molecule has 2 aromatic carbocycles. The molecule has 0 bridgehead atoms. The van der Waals surface area contributed by atoms with Crippen LogP contribution in [-0.4, -0.2) is 40.4 Å². The maximum atomic E-state index is 12.6. The second kappa shape index (κ2) is 6.47. The number of fused-ring (bicyclic) bond motifs is 2. The minimum Gasteiger partial charge on any atom is -0.315 e. The van der Waals surface area contributed by atoms with Gasteiger partial charge >= 0.3 is 0 Å². The molecule has 0 atom stereocenters. The van der Waals surface area contributed by atoms with Crippen LogP contribution in [0.1, 0.15) is 11.1 Å². The van der Waals surface area contributed by atoms with Gasteiger partial charge < -0.3 is 9.80 Å². The number of benzene rings is 2. The number of nitrogens with zero attached hydrogens (tertiary/aromatic N) is 2. The monoisotopic (exact) mass is 385 g/mol. The molecular weight excluding hydrogens is 366 g/mol. The minimum absolute atomic E-state index is 0.0546. The fraction of sp³-hybridized carbons (Fsp3) is 0.263. The zero-order valence-electron chi connectivity index (χ0n) is 14.8. The molecule has 140 valence electrons. The summed E-state index contributed by atoms with van der Waals surface area (Å²) >= 11 is 0. The van der Waals surface area contributed by atoms with Gasteiger partial charge in [-0.2, -0.15) is 0 Å². The zero-order valence-corrected chi connectivity index (χ0v) is 15.6. The van der Waals surface area contributed by atoms with E-state index in [-0.39, 0.29) is 29.7 Å². The van der Waals surface area contributed by atoms with Gasteiger partial charge in [-0.15, -0.1) is 0 Å². The van der Waals surface area contributed by atoms with E-state index in [1.165, 1.54) is 17.0 Å². The molecule has 1 N–H and O–H groups in total. The Morgan fingerprint density at radius 1 is 1.11 bits per heavy atom. The van der Waals surface area contributed by atoms with Gasteiger partial charge in [-0.25, -0.2) is 13.1 Å². The predicted molar refractivity (Wildman–Crippen MR) is 101 cm³/mol. The summed E-state index contributed by atoms with van der Waals surface area (Å²) in [6.45, 7) is 0.236. The first-order chi connectivity index (χ1) is 12.9. The number of sulfonamides is 1. The van der Waals surface area contributed by atoms with Gasteiger partial charge in [0.1, 0.15) is 0 Å². The Balaban J connectivity index is 1.48. The van der Waals surface area contributed by atoms with E-state index in [1.54, 1.807) is 18.0 Å². The van der Waals surface area contributed by atoms with Gasteiger partial charge in [0.2, 0.25) is 21.8 Å². The molecule has 4 rings (SSSR count). The molecule has 0 saturated heterocycles. The normalized spacial score (nSPS) is 15.8. The van der Waals surface area contributed by atoms with Crippen molar-refractivity contribution in [2.75, 3.05) is 29.9 Å². The first-order valence-corrected chi connectivity index (χ1v) is 10.1. The van der Waals surface area contributed by atoms with Crippen LogP contribution in [0.5, 0.6) is 0 Å². The summed E-state index contributed by atoms with van der Waals surface area (Å²) < 4.78 is 27.5. The molecule has 0 fully saturated rings. The van der Waals surface area contributed by atoms with E-state index in [0.29, 0.717) is 17.8 Å². The number of carbonyl (C=O) groups excluding carboxylic acids is 2. The van der Waals surface area contributed by atoms with Crippen molar-refractivity contribution in [3.8, 4) is 0 Å². The molecule has 0 radical (unpaired) electrons. The highest BCUT2D eigenvalue weighted by atomic mass is 32.2. The maximum absolute atomic E-state index is 12.6. The van der Waals surface area contributed by atoms with E-state index in [0.717, 1.165) is 17.7 Å². The van der Waals surface area contributed by atoms with Crippen molar-refractivity contribution < 1.29 is 18.0 Å². The lowest BCUT2D eigenvalue weighted by atomic mass is 10.2. The molecule has 2 amide bonds. The van der Waals surface area contributed by atoms with Gasteiger partial charge in [0, 0.05) is 25.0 Å². The number of hydrogen-bond acceptors (Lipinski definition) is 4. The summed E-state index contributed by atoms with van der Waals surface area (Å²) in [5.41, 5.74) is 3.30. The average molecular weight is 385 g/mol. The van der Waals surface area contributed by atoms with Gasteiger partial charge in [-0.3, -0.25) is 9.59 Å². The molecule has 2 aliphatic heterocycles. The number of anilines is 2. The van der Waals surface area contributed by atoms with E-state index >= 15 is 0 Å². The molecule has 0 unspecified atom stereocenters. The van der Waals surface area contributed by atoms with Crippen LogP contribution in [0.2, 0.25) is 0 Å². The number of carbonyl (C=O) groups is 2. The largest absolute Gasteiger partial charge is 0.315 e. The second-order valence-electron chi connectivity index (χ2n) is 6.67.